The number of nitrogens with one attached hydrogen (secondary N) is 1. The number of nitrogen functional groups attached to an aromatic ring is 1. The molecule has 0 fully saturated rings. The van der Waals surface area contributed by atoms with Crippen LogP contribution in [0.3, 0.4) is 0 Å². The van der Waals surface area contributed by atoms with Crippen LogP contribution >= 0.6 is 0 Å². The Balaban J connectivity index is 2.04. The minimum absolute atomic E-state index is 0.441. The summed E-state index contributed by atoms with van der Waals surface area (Å²) in [7, 11) is 0. The van der Waals surface area contributed by atoms with Gasteiger partial charge in [0.25, 0.3) is 0 Å². The van der Waals surface area contributed by atoms with E-state index in [4.69, 9.17) is 10.6 Å². The van der Waals surface area contributed by atoms with Crippen molar-refractivity contribution < 1.29 is 4.74 Å². The number of rotatable bonds is 4. The number of hydrogen-bond acceptors (Lipinski definition) is 4. The molecule has 0 unspecified atom stereocenters. The van der Waals surface area contributed by atoms with Gasteiger partial charge in [0.15, 0.2) is 0 Å². The molecule has 0 saturated carbocycles. The molecule has 4 heteroatoms. The van der Waals surface area contributed by atoms with E-state index in [0.717, 1.165) is 11.3 Å². The summed E-state index contributed by atoms with van der Waals surface area (Å²) in [6.45, 7) is 2.48. The Hall–Kier alpha value is -2.07. The van der Waals surface area contributed by atoms with Crippen LogP contribution in [0.1, 0.15) is 11.1 Å². The Morgan fingerprint density at radius 2 is 2.00 bits per heavy atom. The van der Waals surface area contributed by atoms with E-state index in [1.54, 1.807) is 6.20 Å². The van der Waals surface area contributed by atoms with Crippen molar-refractivity contribution in [1.29, 1.82) is 0 Å². The summed E-state index contributed by atoms with van der Waals surface area (Å²) in [6, 6.07) is 11.7. The molecule has 1 aromatic carbocycles. The fraction of sp³-hybridized carbons (Fsp3) is 0.154. The number of aryl methyl sites for hydroxylation is 1. The minimum Gasteiger partial charge on any atom is -0.489 e. The maximum Gasteiger partial charge on any atom is 0.146 e. The van der Waals surface area contributed by atoms with Gasteiger partial charge in [-0.1, -0.05) is 23.8 Å². The van der Waals surface area contributed by atoms with Gasteiger partial charge in [-0.3, -0.25) is 0 Å². The Bertz CT molecular complexity index is 482. The quantitative estimate of drug-likeness (QED) is 0.623. The third-order valence-electron chi connectivity index (χ3n) is 2.44. The van der Waals surface area contributed by atoms with Crippen molar-refractivity contribution in [3.05, 3.63) is 53.7 Å². The molecule has 2 rings (SSSR count). The summed E-state index contributed by atoms with van der Waals surface area (Å²) in [5, 5.41) is 0. The second-order valence-electron chi connectivity index (χ2n) is 3.76. The van der Waals surface area contributed by atoms with Crippen LogP contribution in [-0.4, -0.2) is 4.98 Å². The van der Waals surface area contributed by atoms with Crippen molar-refractivity contribution in [3.63, 3.8) is 0 Å². The summed E-state index contributed by atoms with van der Waals surface area (Å²) in [5.41, 5.74) is 4.69. The smallest absolute Gasteiger partial charge is 0.146 e. The zero-order chi connectivity index (χ0) is 12.1. The molecule has 88 valence electrons. The third-order valence-corrected chi connectivity index (χ3v) is 2.44. The van der Waals surface area contributed by atoms with Crippen LogP contribution in [0.25, 0.3) is 0 Å². The molecule has 0 bridgehead atoms. The molecule has 0 spiro atoms. The van der Waals surface area contributed by atoms with Gasteiger partial charge in [0.2, 0.25) is 0 Å². The fourth-order valence-electron chi connectivity index (χ4n) is 1.48. The molecule has 0 radical (unpaired) electrons. The number of aromatic nitrogens is 1. The lowest BCUT2D eigenvalue weighted by atomic mass is 10.2. The highest BCUT2D eigenvalue weighted by Crippen LogP contribution is 2.16. The Morgan fingerprint density at radius 3 is 2.71 bits per heavy atom. The van der Waals surface area contributed by atoms with Crippen LogP contribution in [0.4, 0.5) is 5.82 Å². The van der Waals surface area contributed by atoms with Gasteiger partial charge in [0.05, 0.1) is 0 Å². The van der Waals surface area contributed by atoms with E-state index in [9.17, 15) is 0 Å². The van der Waals surface area contributed by atoms with E-state index < -0.39 is 0 Å². The van der Waals surface area contributed by atoms with Crippen LogP contribution < -0.4 is 16.0 Å². The number of hydrogen-bond donors (Lipinski definition) is 2. The molecule has 0 saturated heterocycles. The molecule has 1 heterocycles. The number of nitrogens with two attached hydrogens (primary N) is 1. The molecular formula is C13H15N3O. The predicted octanol–water partition coefficient (Wildman–Crippen LogP) is 2.25. The molecule has 17 heavy (non-hydrogen) atoms. The average Bonchev–Trinajstić information content (AvgIpc) is 2.38. The minimum atomic E-state index is 0.441. The topological polar surface area (TPSA) is 60.2 Å². The molecule has 1 aromatic heterocycles. The van der Waals surface area contributed by atoms with Crippen LogP contribution in [0.15, 0.2) is 42.6 Å². The average molecular weight is 229 g/mol. The maximum atomic E-state index is 5.65. The van der Waals surface area contributed by atoms with E-state index in [-0.39, 0.29) is 0 Å². The van der Waals surface area contributed by atoms with Crippen molar-refractivity contribution in [2.75, 3.05) is 5.43 Å². The molecule has 0 aliphatic rings. The number of hydrazine groups is 1. The third kappa shape index (κ3) is 2.95. The molecule has 0 amide bonds. The van der Waals surface area contributed by atoms with Gasteiger partial charge in [-0.2, -0.15) is 0 Å². The standard InChI is InChI=1S/C13H15N3O/c1-10-4-6-12(7-5-10)17-9-11-3-2-8-15-13(11)16-14/h2-8H,9,14H2,1H3,(H,15,16). The Labute approximate surface area is 100 Å². The number of nitrogens with zero attached hydrogens (tertiary/aromatic N) is 1. The highest BCUT2D eigenvalue weighted by molar-refractivity contribution is 5.42. The molecule has 0 aliphatic carbocycles. The lowest BCUT2D eigenvalue weighted by molar-refractivity contribution is 0.306. The zero-order valence-electron chi connectivity index (χ0n) is 9.68. The van der Waals surface area contributed by atoms with Gasteiger partial charge >= 0.3 is 0 Å². The first-order valence-electron chi connectivity index (χ1n) is 5.39. The van der Waals surface area contributed by atoms with Gasteiger partial charge < -0.3 is 10.2 Å². The van der Waals surface area contributed by atoms with E-state index in [1.165, 1.54) is 5.56 Å². The molecule has 0 aliphatic heterocycles. The normalized spacial score (nSPS) is 10.0. The molecule has 2 aromatic rings. The van der Waals surface area contributed by atoms with Crippen molar-refractivity contribution in [2.45, 2.75) is 13.5 Å². The summed E-state index contributed by atoms with van der Waals surface area (Å²) in [5.74, 6) is 6.85. The largest absolute Gasteiger partial charge is 0.489 e. The van der Waals surface area contributed by atoms with Crippen molar-refractivity contribution >= 4 is 5.82 Å². The lowest BCUT2D eigenvalue weighted by Crippen LogP contribution is -2.12. The highest BCUT2D eigenvalue weighted by atomic mass is 16.5. The maximum absolute atomic E-state index is 5.65. The van der Waals surface area contributed by atoms with Crippen LogP contribution in [0.2, 0.25) is 0 Å². The lowest BCUT2D eigenvalue weighted by Gasteiger charge is -2.09. The highest BCUT2D eigenvalue weighted by Gasteiger charge is 2.02. The molecule has 3 N–H and O–H groups in total. The Morgan fingerprint density at radius 1 is 1.24 bits per heavy atom. The van der Waals surface area contributed by atoms with E-state index in [0.29, 0.717) is 12.4 Å². The monoisotopic (exact) mass is 229 g/mol. The zero-order valence-corrected chi connectivity index (χ0v) is 9.68. The van der Waals surface area contributed by atoms with Crippen molar-refractivity contribution in [1.82, 2.24) is 4.98 Å². The van der Waals surface area contributed by atoms with Gasteiger partial charge in [0.1, 0.15) is 18.2 Å². The van der Waals surface area contributed by atoms with Crippen molar-refractivity contribution in [3.8, 4) is 5.75 Å². The van der Waals surface area contributed by atoms with E-state index in [2.05, 4.69) is 10.4 Å². The second kappa shape index (κ2) is 5.32. The summed E-state index contributed by atoms with van der Waals surface area (Å²) in [4.78, 5) is 4.11. The SMILES string of the molecule is Cc1ccc(OCc2cccnc2NN)cc1. The van der Waals surface area contributed by atoms with E-state index >= 15 is 0 Å². The molecular weight excluding hydrogens is 214 g/mol. The molecule has 4 nitrogen and oxygen atoms in total. The summed E-state index contributed by atoms with van der Waals surface area (Å²) >= 11 is 0. The van der Waals surface area contributed by atoms with Crippen LogP contribution in [0.5, 0.6) is 5.75 Å². The summed E-state index contributed by atoms with van der Waals surface area (Å²) < 4.78 is 5.65. The number of anilines is 1. The van der Waals surface area contributed by atoms with E-state index in [1.807, 2.05) is 43.3 Å². The van der Waals surface area contributed by atoms with Crippen molar-refractivity contribution in [2.24, 2.45) is 5.84 Å². The van der Waals surface area contributed by atoms with Gasteiger partial charge in [-0.15, -0.1) is 0 Å². The van der Waals surface area contributed by atoms with Crippen LogP contribution in [-0.2, 0) is 6.61 Å². The van der Waals surface area contributed by atoms with Gasteiger partial charge in [-0.25, -0.2) is 10.8 Å². The van der Waals surface area contributed by atoms with Crippen LogP contribution in [0, 0.1) is 6.92 Å². The summed E-state index contributed by atoms with van der Waals surface area (Å²) in [6.07, 6.45) is 1.69. The van der Waals surface area contributed by atoms with Gasteiger partial charge in [0, 0.05) is 11.8 Å². The first kappa shape index (κ1) is 11.4. The molecule has 0 atom stereocenters. The Kier molecular flexibility index (Phi) is 3.57. The first-order chi connectivity index (χ1) is 8.29. The van der Waals surface area contributed by atoms with Gasteiger partial charge in [-0.05, 0) is 25.1 Å². The fourth-order valence-corrected chi connectivity index (χ4v) is 1.48. The number of pyridine rings is 1. The first-order valence-corrected chi connectivity index (χ1v) is 5.39. The predicted molar refractivity (Wildman–Crippen MR) is 67.6 cm³/mol. The number of benzene rings is 1. The number of ether oxygens (including phenoxy) is 1. The second-order valence-corrected chi connectivity index (χ2v) is 3.76.